The molecule has 2 atom stereocenters. The van der Waals surface area contributed by atoms with Crippen molar-refractivity contribution in [3.8, 4) is 0 Å². The Balaban J connectivity index is 2.50. The number of hydrogen-bond donors (Lipinski definition) is 2. The summed E-state index contributed by atoms with van der Waals surface area (Å²) in [6, 6.07) is -0.778. The molecule has 0 aromatic heterocycles. The molecule has 2 amide bonds. The topological polar surface area (TPSA) is 127 Å². The van der Waals surface area contributed by atoms with Crippen molar-refractivity contribution < 1.29 is 29.4 Å². The minimum absolute atomic E-state index is 0.0986. The molecular formula is C14H21N2O6-. The standard InChI is InChI=1S/C14H22N2O6/c1-9(17)7-14(22)8-11(18)16(13(14)21)6-4-3-5-10(15-2)12(19)20/h10,15,22H,3-8H2,1-2H3,(H,19,20)/p-1. The van der Waals surface area contributed by atoms with Crippen LogP contribution in [0, 0.1) is 0 Å². The lowest BCUT2D eigenvalue weighted by atomic mass is 9.96. The van der Waals surface area contributed by atoms with Gasteiger partial charge in [-0.15, -0.1) is 0 Å². The molecule has 0 bridgehead atoms. The first-order chi connectivity index (χ1) is 10.2. The van der Waals surface area contributed by atoms with E-state index in [0.717, 1.165) is 4.90 Å². The molecule has 1 fully saturated rings. The number of likely N-dealkylation sites (tertiary alicyclic amines) is 1. The van der Waals surface area contributed by atoms with Crippen molar-refractivity contribution in [1.82, 2.24) is 10.2 Å². The summed E-state index contributed by atoms with van der Waals surface area (Å²) in [6.07, 6.45) is 0.442. The number of amides is 2. The van der Waals surface area contributed by atoms with E-state index < -0.39 is 29.4 Å². The summed E-state index contributed by atoms with van der Waals surface area (Å²) >= 11 is 0. The molecule has 0 radical (unpaired) electrons. The first-order valence-electron chi connectivity index (χ1n) is 7.16. The van der Waals surface area contributed by atoms with Gasteiger partial charge < -0.3 is 20.3 Å². The fourth-order valence-corrected chi connectivity index (χ4v) is 2.56. The summed E-state index contributed by atoms with van der Waals surface area (Å²) in [5, 5.41) is 23.4. The summed E-state index contributed by atoms with van der Waals surface area (Å²) < 4.78 is 0. The van der Waals surface area contributed by atoms with Crippen LogP contribution in [0.1, 0.15) is 39.0 Å². The van der Waals surface area contributed by atoms with Crippen LogP contribution in [-0.2, 0) is 19.2 Å². The quantitative estimate of drug-likeness (QED) is 0.371. The summed E-state index contributed by atoms with van der Waals surface area (Å²) in [6.45, 7) is 1.34. The van der Waals surface area contributed by atoms with Crippen LogP contribution in [0.4, 0.5) is 0 Å². The first kappa shape index (κ1) is 18.2. The number of ketones is 1. The fourth-order valence-electron chi connectivity index (χ4n) is 2.56. The molecule has 8 nitrogen and oxygen atoms in total. The zero-order valence-corrected chi connectivity index (χ0v) is 12.8. The normalized spacial score (nSPS) is 23.0. The van der Waals surface area contributed by atoms with Crippen LogP contribution in [0.2, 0.25) is 0 Å². The molecule has 0 aliphatic carbocycles. The second-order valence-electron chi connectivity index (χ2n) is 5.59. The van der Waals surface area contributed by atoms with Crippen LogP contribution in [0.25, 0.3) is 0 Å². The Morgan fingerprint density at radius 2 is 2.05 bits per heavy atom. The Kier molecular flexibility index (Phi) is 6.19. The van der Waals surface area contributed by atoms with Gasteiger partial charge in [0.1, 0.15) is 5.78 Å². The summed E-state index contributed by atoms with van der Waals surface area (Å²) in [7, 11) is 1.51. The molecular weight excluding hydrogens is 292 g/mol. The van der Waals surface area contributed by atoms with E-state index in [4.69, 9.17) is 0 Å². The molecule has 2 unspecified atom stereocenters. The van der Waals surface area contributed by atoms with Gasteiger partial charge in [0.15, 0.2) is 5.60 Å². The van der Waals surface area contributed by atoms with Crippen LogP contribution in [0.5, 0.6) is 0 Å². The van der Waals surface area contributed by atoms with E-state index in [0.29, 0.717) is 19.3 Å². The van der Waals surface area contributed by atoms with E-state index in [2.05, 4.69) is 5.32 Å². The maximum absolute atomic E-state index is 12.1. The number of Topliss-reactive ketones (excluding diaryl/α,β-unsaturated/α-hetero) is 1. The highest BCUT2D eigenvalue weighted by Crippen LogP contribution is 2.28. The maximum Gasteiger partial charge on any atom is 0.262 e. The molecule has 0 aromatic rings. The number of carboxylic acids is 1. The highest BCUT2D eigenvalue weighted by atomic mass is 16.4. The number of rotatable bonds is 9. The Labute approximate surface area is 128 Å². The highest BCUT2D eigenvalue weighted by molar-refractivity contribution is 6.09. The van der Waals surface area contributed by atoms with E-state index in [9.17, 15) is 29.4 Å². The van der Waals surface area contributed by atoms with Gasteiger partial charge in [-0.05, 0) is 33.2 Å². The van der Waals surface area contributed by atoms with E-state index >= 15 is 0 Å². The molecule has 8 heteroatoms. The smallest absolute Gasteiger partial charge is 0.262 e. The zero-order valence-electron chi connectivity index (χ0n) is 12.8. The van der Waals surface area contributed by atoms with Gasteiger partial charge in [-0.3, -0.25) is 19.3 Å². The molecule has 0 spiro atoms. The number of nitrogens with one attached hydrogen (secondary N) is 1. The molecule has 0 saturated carbocycles. The lowest BCUT2D eigenvalue weighted by Crippen LogP contribution is -2.44. The van der Waals surface area contributed by atoms with Crippen molar-refractivity contribution in [3.63, 3.8) is 0 Å². The van der Waals surface area contributed by atoms with E-state index in [-0.39, 0.29) is 25.2 Å². The van der Waals surface area contributed by atoms with Crippen LogP contribution in [0.15, 0.2) is 0 Å². The average Bonchev–Trinajstić information content (AvgIpc) is 2.59. The summed E-state index contributed by atoms with van der Waals surface area (Å²) in [4.78, 5) is 46.6. The van der Waals surface area contributed by atoms with Gasteiger partial charge in [0, 0.05) is 19.0 Å². The Morgan fingerprint density at radius 1 is 1.41 bits per heavy atom. The van der Waals surface area contributed by atoms with Gasteiger partial charge in [0.05, 0.1) is 12.4 Å². The number of imide groups is 1. The van der Waals surface area contributed by atoms with Gasteiger partial charge in [0.2, 0.25) is 5.91 Å². The van der Waals surface area contributed by atoms with Crippen molar-refractivity contribution in [2.24, 2.45) is 0 Å². The number of hydrogen-bond acceptors (Lipinski definition) is 7. The van der Waals surface area contributed by atoms with Crippen LogP contribution < -0.4 is 10.4 Å². The van der Waals surface area contributed by atoms with Gasteiger partial charge in [-0.1, -0.05) is 0 Å². The number of carbonyl (C=O) groups excluding carboxylic acids is 4. The molecule has 1 heterocycles. The SMILES string of the molecule is CNC(CCCCN1C(=O)CC(O)(CC(C)=O)C1=O)C(=O)[O-]. The molecule has 124 valence electrons. The van der Waals surface area contributed by atoms with Crippen molar-refractivity contribution in [1.29, 1.82) is 0 Å². The van der Waals surface area contributed by atoms with Gasteiger partial charge in [0.25, 0.3) is 5.91 Å². The number of carboxylic acid groups (broad SMARTS) is 1. The lowest BCUT2D eigenvalue weighted by molar-refractivity contribution is -0.308. The maximum atomic E-state index is 12.1. The summed E-state index contributed by atoms with van der Waals surface area (Å²) in [5.41, 5.74) is -1.93. The van der Waals surface area contributed by atoms with Crippen LogP contribution >= 0.6 is 0 Å². The molecule has 22 heavy (non-hydrogen) atoms. The van der Waals surface area contributed by atoms with Gasteiger partial charge in [-0.2, -0.15) is 0 Å². The predicted octanol–water partition coefficient (Wildman–Crippen LogP) is -2.04. The predicted molar refractivity (Wildman–Crippen MR) is 73.3 cm³/mol. The zero-order chi connectivity index (χ0) is 16.9. The molecule has 1 rings (SSSR count). The van der Waals surface area contributed by atoms with E-state index in [1.807, 2.05) is 0 Å². The number of nitrogens with zero attached hydrogens (tertiary/aromatic N) is 1. The third kappa shape index (κ3) is 4.35. The monoisotopic (exact) mass is 313 g/mol. The number of aliphatic hydroxyl groups is 1. The average molecular weight is 313 g/mol. The minimum atomic E-state index is -1.93. The second kappa shape index (κ2) is 7.46. The molecule has 1 aliphatic rings. The van der Waals surface area contributed by atoms with Gasteiger partial charge in [-0.25, -0.2) is 0 Å². The molecule has 1 saturated heterocycles. The fraction of sp³-hybridized carbons (Fsp3) is 0.714. The first-order valence-corrected chi connectivity index (χ1v) is 7.16. The third-order valence-electron chi connectivity index (χ3n) is 3.69. The van der Waals surface area contributed by atoms with Crippen molar-refractivity contribution in [3.05, 3.63) is 0 Å². The summed E-state index contributed by atoms with van der Waals surface area (Å²) in [5.74, 6) is -2.83. The number of unbranched alkanes of at least 4 members (excludes halogenated alkanes) is 1. The Bertz CT molecular complexity index is 478. The van der Waals surface area contributed by atoms with E-state index in [1.165, 1.54) is 14.0 Å². The van der Waals surface area contributed by atoms with Crippen molar-refractivity contribution in [2.75, 3.05) is 13.6 Å². The third-order valence-corrected chi connectivity index (χ3v) is 3.69. The largest absolute Gasteiger partial charge is 0.548 e. The highest BCUT2D eigenvalue weighted by Gasteiger charge is 2.50. The Hall–Kier alpha value is -1.80. The second-order valence-corrected chi connectivity index (χ2v) is 5.59. The van der Waals surface area contributed by atoms with E-state index in [1.54, 1.807) is 0 Å². The van der Waals surface area contributed by atoms with Gasteiger partial charge >= 0.3 is 0 Å². The number of carbonyl (C=O) groups is 4. The van der Waals surface area contributed by atoms with Crippen LogP contribution in [-0.4, -0.2) is 58.8 Å². The molecule has 2 N–H and O–H groups in total. The Morgan fingerprint density at radius 3 is 2.55 bits per heavy atom. The number of likely N-dealkylation sites (N-methyl/N-ethyl adjacent to an activating group) is 1. The van der Waals surface area contributed by atoms with Crippen molar-refractivity contribution in [2.45, 2.75) is 50.7 Å². The van der Waals surface area contributed by atoms with Crippen molar-refractivity contribution >= 4 is 23.6 Å². The van der Waals surface area contributed by atoms with Crippen LogP contribution in [0.3, 0.4) is 0 Å². The molecule has 0 aromatic carbocycles. The number of aliphatic carboxylic acids is 1. The minimum Gasteiger partial charge on any atom is -0.548 e. The lowest BCUT2D eigenvalue weighted by Gasteiger charge is -2.20. The molecule has 1 aliphatic heterocycles.